The van der Waals surface area contributed by atoms with Crippen LogP contribution in [0, 0.1) is 17.1 Å². The van der Waals surface area contributed by atoms with E-state index >= 15 is 0 Å². The largest absolute Gasteiger partial charge is 0.480 e. The van der Waals surface area contributed by atoms with Gasteiger partial charge in [0, 0.05) is 17.2 Å². The maximum absolute atomic E-state index is 13.4. The second kappa shape index (κ2) is 6.96. The number of esters is 1. The van der Waals surface area contributed by atoms with E-state index in [-0.39, 0.29) is 17.3 Å². The van der Waals surface area contributed by atoms with Crippen LogP contribution in [-0.2, 0) is 9.53 Å². The molecule has 7 nitrogen and oxygen atoms in total. The molecule has 138 valence electrons. The van der Waals surface area contributed by atoms with Crippen LogP contribution in [0.4, 0.5) is 15.9 Å². The average Bonchev–Trinajstić information content (AvgIpc) is 2.66. The minimum Gasteiger partial charge on any atom is -0.480 e. The van der Waals surface area contributed by atoms with Gasteiger partial charge >= 0.3 is 5.97 Å². The number of pyridine rings is 1. The Morgan fingerprint density at radius 3 is 2.56 bits per heavy atom. The van der Waals surface area contributed by atoms with Gasteiger partial charge in [0.1, 0.15) is 23.3 Å². The summed E-state index contributed by atoms with van der Waals surface area (Å²) in [5.74, 6) is -1.48. The smallest absolute Gasteiger partial charge is 0.336 e. The maximum atomic E-state index is 13.4. The molecule has 2 aromatic rings. The molecular weight excluding hydrogens is 351 g/mol. The van der Waals surface area contributed by atoms with Crippen LogP contribution in [0.3, 0.4) is 0 Å². The molecule has 1 aromatic heterocycles. The van der Waals surface area contributed by atoms with Crippen molar-refractivity contribution in [3.05, 3.63) is 58.0 Å². The Hall–Kier alpha value is -3.60. The van der Waals surface area contributed by atoms with E-state index in [0.29, 0.717) is 28.1 Å². The Morgan fingerprint density at radius 1 is 1.33 bits per heavy atom. The zero-order chi connectivity index (χ0) is 19.7. The first-order valence-electron chi connectivity index (χ1n) is 8.01. The van der Waals surface area contributed by atoms with Gasteiger partial charge in [-0.1, -0.05) is 12.1 Å². The minimum absolute atomic E-state index is 0.0772. The lowest BCUT2D eigenvalue weighted by atomic mass is 9.80. The van der Waals surface area contributed by atoms with Crippen LogP contribution >= 0.6 is 0 Å². The third kappa shape index (κ3) is 2.93. The summed E-state index contributed by atoms with van der Waals surface area (Å²) < 4.78 is 23.5. The second-order valence-electron chi connectivity index (χ2n) is 5.92. The molecule has 0 amide bonds. The highest BCUT2D eigenvalue weighted by Gasteiger charge is 2.37. The maximum Gasteiger partial charge on any atom is 0.336 e. The monoisotopic (exact) mass is 368 g/mol. The predicted molar refractivity (Wildman–Crippen MR) is 96.5 cm³/mol. The zero-order valence-electron chi connectivity index (χ0n) is 15.0. The van der Waals surface area contributed by atoms with Gasteiger partial charge in [-0.3, -0.25) is 0 Å². The summed E-state index contributed by atoms with van der Waals surface area (Å²) in [4.78, 5) is 16.6. The van der Waals surface area contributed by atoms with Gasteiger partial charge in [-0.2, -0.15) is 10.2 Å². The standard InChI is InChI=1S/C19H17FN4O3/c1-9-13(19(25)27-3)14(10-4-6-11(20)7-5-10)15-16(23-9)12(8-21)18(26-2)24-17(15)22/h4-7,14,23H,1-3H3,(H2,22,24). The van der Waals surface area contributed by atoms with Crippen molar-refractivity contribution in [1.82, 2.24) is 4.98 Å². The molecule has 3 N–H and O–H groups in total. The summed E-state index contributed by atoms with van der Waals surface area (Å²) in [6, 6.07) is 7.75. The SMILES string of the molecule is COC(=O)C1=C(C)Nc2c(C#N)c(OC)nc(N)c2C1c1ccc(F)cc1. The number of carbonyl (C=O) groups is 1. The summed E-state index contributed by atoms with van der Waals surface area (Å²) in [6.07, 6.45) is 0. The number of allylic oxidation sites excluding steroid dienone is 1. The number of fused-ring (bicyclic) bond motifs is 1. The Kier molecular flexibility index (Phi) is 4.69. The molecule has 2 heterocycles. The summed E-state index contributed by atoms with van der Waals surface area (Å²) in [5, 5.41) is 12.6. The molecule has 0 saturated heterocycles. The van der Waals surface area contributed by atoms with E-state index in [0.717, 1.165) is 0 Å². The molecule has 0 spiro atoms. The van der Waals surface area contributed by atoms with E-state index in [2.05, 4.69) is 16.4 Å². The van der Waals surface area contributed by atoms with Crippen molar-refractivity contribution in [2.24, 2.45) is 0 Å². The quantitative estimate of drug-likeness (QED) is 0.801. The molecule has 0 fully saturated rings. The lowest BCUT2D eigenvalue weighted by molar-refractivity contribution is -0.136. The van der Waals surface area contributed by atoms with E-state index in [9.17, 15) is 14.4 Å². The number of nitrogens with zero attached hydrogens (tertiary/aromatic N) is 2. The van der Waals surface area contributed by atoms with Crippen LogP contribution in [0.1, 0.15) is 29.5 Å². The number of aromatic nitrogens is 1. The van der Waals surface area contributed by atoms with Crippen molar-refractivity contribution in [1.29, 1.82) is 5.26 Å². The fourth-order valence-corrected chi connectivity index (χ4v) is 3.25. The van der Waals surface area contributed by atoms with E-state index in [4.69, 9.17) is 15.2 Å². The Bertz CT molecular complexity index is 993. The number of carbonyl (C=O) groups excluding carboxylic acids is 1. The molecule has 0 radical (unpaired) electrons. The van der Waals surface area contributed by atoms with Crippen LogP contribution in [0.2, 0.25) is 0 Å². The second-order valence-corrected chi connectivity index (χ2v) is 5.92. The van der Waals surface area contributed by atoms with Crippen molar-refractivity contribution >= 4 is 17.5 Å². The molecule has 0 saturated carbocycles. The third-order valence-corrected chi connectivity index (χ3v) is 4.44. The fraction of sp³-hybridized carbons (Fsp3) is 0.211. The van der Waals surface area contributed by atoms with Crippen LogP contribution in [0.25, 0.3) is 0 Å². The highest BCUT2D eigenvalue weighted by atomic mass is 19.1. The van der Waals surface area contributed by atoms with Gasteiger partial charge in [0.05, 0.1) is 25.5 Å². The number of rotatable bonds is 3. The Morgan fingerprint density at radius 2 is 2.00 bits per heavy atom. The number of nitrogens with one attached hydrogen (secondary N) is 1. The number of anilines is 2. The van der Waals surface area contributed by atoms with Gasteiger partial charge in [0.2, 0.25) is 5.88 Å². The van der Waals surface area contributed by atoms with Crippen LogP contribution in [-0.4, -0.2) is 25.2 Å². The van der Waals surface area contributed by atoms with Crippen LogP contribution in [0.15, 0.2) is 35.5 Å². The average molecular weight is 368 g/mol. The van der Waals surface area contributed by atoms with E-state index in [1.807, 2.05) is 0 Å². The van der Waals surface area contributed by atoms with Gasteiger partial charge in [0.15, 0.2) is 0 Å². The molecule has 1 aliphatic rings. The molecule has 1 aromatic carbocycles. The van der Waals surface area contributed by atoms with Crippen molar-refractivity contribution in [2.45, 2.75) is 12.8 Å². The molecule has 3 rings (SSSR count). The highest BCUT2D eigenvalue weighted by Crippen LogP contribution is 2.47. The first-order chi connectivity index (χ1) is 12.9. The first-order valence-corrected chi connectivity index (χ1v) is 8.01. The lowest BCUT2D eigenvalue weighted by Gasteiger charge is -2.31. The molecule has 0 aliphatic carbocycles. The molecule has 27 heavy (non-hydrogen) atoms. The van der Waals surface area contributed by atoms with Gasteiger partial charge < -0.3 is 20.5 Å². The predicted octanol–water partition coefficient (Wildman–Crippen LogP) is 2.69. The Labute approximate surface area is 155 Å². The van der Waals surface area contributed by atoms with Crippen molar-refractivity contribution < 1.29 is 18.7 Å². The van der Waals surface area contributed by atoms with Crippen molar-refractivity contribution in [3.63, 3.8) is 0 Å². The number of hydrogen-bond donors (Lipinski definition) is 2. The van der Waals surface area contributed by atoms with E-state index < -0.39 is 17.7 Å². The molecule has 1 aliphatic heterocycles. The van der Waals surface area contributed by atoms with E-state index in [1.54, 1.807) is 19.1 Å². The molecule has 1 unspecified atom stereocenters. The lowest BCUT2D eigenvalue weighted by Crippen LogP contribution is -2.26. The highest BCUT2D eigenvalue weighted by molar-refractivity contribution is 5.96. The molecule has 8 heteroatoms. The molecule has 0 bridgehead atoms. The molecular formula is C19H17FN4O3. The third-order valence-electron chi connectivity index (χ3n) is 4.44. The number of hydrogen-bond acceptors (Lipinski definition) is 7. The number of methoxy groups -OCH3 is 2. The topological polar surface area (TPSA) is 110 Å². The number of benzene rings is 1. The van der Waals surface area contributed by atoms with Crippen LogP contribution < -0.4 is 15.8 Å². The summed E-state index contributed by atoms with van der Waals surface area (Å²) >= 11 is 0. The first kappa shape index (κ1) is 18.2. The number of halogens is 1. The normalized spacial score (nSPS) is 15.4. The van der Waals surface area contributed by atoms with Gasteiger partial charge in [0.25, 0.3) is 0 Å². The minimum atomic E-state index is -0.681. The summed E-state index contributed by atoms with van der Waals surface area (Å²) in [7, 11) is 2.66. The summed E-state index contributed by atoms with van der Waals surface area (Å²) in [6.45, 7) is 1.69. The Balaban J connectivity index is 2.36. The van der Waals surface area contributed by atoms with Gasteiger partial charge in [-0.25, -0.2) is 9.18 Å². The number of nitriles is 1. The molecule has 1 atom stereocenters. The fourth-order valence-electron chi connectivity index (χ4n) is 3.25. The summed E-state index contributed by atoms with van der Waals surface area (Å²) in [5.41, 5.74) is 8.57. The number of ether oxygens (including phenoxy) is 2. The van der Waals surface area contributed by atoms with Crippen molar-refractivity contribution in [2.75, 3.05) is 25.3 Å². The van der Waals surface area contributed by atoms with Gasteiger partial charge in [-0.05, 0) is 24.6 Å². The van der Waals surface area contributed by atoms with E-state index in [1.165, 1.54) is 26.4 Å². The van der Waals surface area contributed by atoms with Gasteiger partial charge in [-0.15, -0.1) is 0 Å². The number of nitrogens with two attached hydrogens (primary N) is 1. The van der Waals surface area contributed by atoms with Crippen LogP contribution in [0.5, 0.6) is 5.88 Å². The zero-order valence-corrected chi connectivity index (χ0v) is 15.0. The number of nitrogen functional groups attached to an aromatic ring is 1. The van der Waals surface area contributed by atoms with Crippen molar-refractivity contribution in [3.8, 4) is 11.9 Å².